The molecule has 0 aliphatic rings. The molecule has 0 aromatic carbocycles. The lowest BCUT2D eigenvalue weighted by atomic mass is 10.1. The molecular formula is C13H19FN4O. The van der Waals surface area contributed by atoms with Crippen LogP contribution in [0.3, 0.4) is 0 Å². The van der Waals surface area contributed by atoms with Crippen LogP contribution < -0.4 is 5.32 Å². The van der Waals surface area contributed by atoms with Crippen molar-refractivity contribution >= 4 is 11.6 Å². The summed E-state index contributed by atoms with van der Waals surface area (Å²) in [6, 6.07) is 2.95. The molecule has 104 valence electrons. The molecule has 6 heteroatoms. The Bertz CT molecular complexity index is 526. The number of nitrogens with one attached hydrogen (secondary N) is 1. The average molecular weight is 266 g/mol. The van der Waals surface area contributed by atoms with Crippen molar-refractivity contribution in [1.82, 2.24) is 14.6 Å². The Morgan fingerprint density at radius 2 is 2.21 bits per heavy atom. The monoisotopic (exact) mass is 266 g/mol. The van der Waals surface area contributed by atoms with E-state index in [4.69, 9.17) is 4.74 Å². The van der Waals surface area contributed by atoms with Gasteiger partial charge in [-0.2, -0.15) is 4.98 Å². The van der Waals surface area contributed by atoms with Crippen molar-refractivity contribution in [2.24, 2.45) is 5.92 Å². The summed E-state index contributed by atoms with van der Waals surface area (Å²) in [4.78, 5) is 4.22. The summed E-state index contributed by atoms with van der Waals surface area (Å²) in [5.74, 6) is 0.807. The van der Waals surface area contributed by atoms with Crippen LogP contribution >= 0.6 is 0 Å². The van der Waals surface area contributed by atoms with Gasteiger partial charge >= 0.3 is 0 Å². The maximum atomic E-state index is 13.0. The minimum absolute atomic E-state index is 0.332. The summed E-state index contributed by atoms with van der Waals surface area (Å²) in [5, 5.41) is 7.17. The Morgan fingerprint density at radius 1 is 1.37 bits per heavy atom. The molecule has 0 unspecified atom stereocenters. The second-order valence-corrected chi connectivity index (χ2v) is 4.81. The first-order valence-corrected chi connectivity index (χ1v) is 6.48. The molecule has 5 nitrogen and oxygen atoms in total. The quantitative estimate of drug-likeness (QED) is 0.782. The lowest BCUT2D eigenvalue weighted by Crippen LogP contribution is -2.11. The third-order valence-electron chi connectivity index (χ3n) is 2.66. The molecule has 0 atom stereocenters. The lowest BCUT2D eigenvalue weighted by molar-refractivity contribution is 0.132. The molecule has 0 aliphatic heterocycles. The second-order valence-electron chi connectivity index (χ2n) is 4.81. The van der Waals surface area contributed by atoms with Crippen molar-refractivity contribution < 1.29 is 9.13 Å². The first kappa shape index (κ1) is 13.7. The Hall–Kier alpha value is -1.69. The Kier molecular flexibility index (Phi) is 4.68. The van der Waals surface area contributed by atoms with Crippen molar-refractivity contribution in [1.29, 1.82) is 0 Å². The van der Waals surface area contributed by atoms with E-state index in [0.29, 0.717) is 30.7 Å². The third kappa shape index (κ3) is 4.17. The summed E-state index contributed by atoms with van der Waals surface area (Å²) < 4.78 is 19.9. The van der Waals surface area contributed by atoms with E-state index in [2.05, 4.69) is 29.2 Å². The molecule has 0 saturated carbocycles. The van der Waals surface area contributed by atoms with Gasteiger partial charge in [0.15, 0.2) is 5.65 Å². The summed E-state index contributed by atoms with van der Waals surface area (Å²) >= 11 is 0. The normalized spacial score (nSPS) is 11.4. The molecule has 0 saturated heterocycles. The van der Waals surface area contributed by atoms with Gasteiger partial charge < -0.3 is 10.1 Å². The maximum absolute atomic E-state index is 13.0. The van der Waals surface area contributed by atoms with Crippen LogP contribution in [-0.2, 0) is 4.74 Å². The van der Waals surface area contributed by atoms with Crippen molar-refractivity contribution in [2.45, 2.75) is 20.3 Å². The van der Waals surface area contributed by atoms with Crippen molar-refractivity contribution in [2.75, 3.05) is 25.1 Å². The number of hydrogen-bond donors (Lipinski definition) is 1. The van der Waals surface area contributed by atoms with Gasteiger partial charge in [0.2, 0.25) is 5.95 Å². The zero-order valence-electron chi connectivity index (χ0n) is 11.3. The Labute approximate surface area is 111 Å². The number of aromatic nitrogens is 3. The molecule has 0 bridgehead atoms. The molecule has 0 radical (unpaired) electrons. The van der Waals surface area contributed by atoms with Crippen LogP contribution in [0, 0.1) is 11.7 Å². The fourth-order valence-electron chi connectivity index (χ4n) is 1.59. The third-order valence-corrected chi connectivity index (χ3v) is 2.66. The molecule has 2 aromatic heterocycles. The van der Waals surface area contributed by atoms with E-state index in [0.717, 1.165) is 13.0 Å². The molecule has 0 amide bonds. The highest BCUT2D eigenvalue weighted by atomic mass is 19.1. The first-order valence-electron chi connectivity index (χ1n) is 6.48. The predicted octanol–water partition coefficient (Wildman–Crippen LogP) is 2.34. The molecule has 0 spiro atoms. The number of rotatable bonds is 7. The van der Waals surface area contributed by atoms with Gasteiger partial charge in [-0.25, -0.2) is 8.91 Å². The number of pyridine rings is 1. The van der Waals surface area contributed by atoms with Crippen LogP contribution in [0.25, 0.3) is 5.65 Å². The van der Waals surface area contributed by atoms with E-state index < -0.39 is 0 Å². The standard InChI is InChI=1S/C13H19FN4O/c1-10(2)5-7-19-8-6-15-13-16-12-4-3-11(14)9-18(12)17-13/h3-4,9-10H,5-8H2,1-2H3,(H,15,17). The zero-order chi connectivity index (χ0) is 13.7. The maximum Gasteiger partial charge on any atom is 0.243 e. The van der Waals surface area contributed by atoms with Gasteiger partial charge in [-0.05, 0) is 24.5 Å². The minimum atomic E-state index is -0.332. The van der Waals surface area contributed by atoms with E-state index in [1.807, 2.05) is 0 Å². The van der Waals surface area contributed by atoms with Crippen LogP contribution in [0.5, 0.6) is 0 Å². The van der Waals surface area contributed by atoms with E-state index in [1.54, 1.807) is 6.07 Å². The summed E-state index contributed by atoms with van der Waals surface area (Å²) in [6.07, 6.45) is 2.36. The zero-order valence-corrected chi connectivity index (χ0v) is 11.3. The van der Waals surface area contributed by atoms with Crippen molar-refractivity contribution in [3.63, 3.8) is 0 Å². The van der Waals surface area contributed by atoms with Gasteiger partial charge in [0, 0.05) is 13.2 Å². The summed E-state index contributed by atoms with van der Waals surface area (Å²) in [5.41, 5.74) is 0.615. The van der Waals surface area contributed by atoms with E-state index in [-0.39, 0.29) is 5.82 Å². The molecule has 2 aromatic rings. The number of hydrogen-bond acceptors (Lipinski definition) is 4. The van der Waals surface area contributed by atoms with Gasteiger partial charge in [0.1, 0.15) is 5.82 Å². The fraction of sp³-hybridized carbons (Fsp3) is 0.538. The highest BCUT2D eigenvalue weighted by Crippen LogP contribution is 2.06. The van der Waals surface area contributed by atoms with Gasteiger partial charge in [0.05, 0.1) is 12.8 Å². The SMILES string of the molecule is CC(C)CCOCCNc1nc2ccc(F)cn2n1. The van der Waals surface area contributed by atoms with Crippen LogP contribution in [0.1, 0.15) is 20.3 Å². The van der Waals surface area contributed by atoms with Gasteiger partial charge in [-0.3, -0.25) is 0 Å². The number of ether oxygens (including phenoxy) is 1. The van der Waals surface area contributed by atoms with Crippen LogP contribution in [-0.4, -0.2) is 34.4 Å². The largest absolute Gasteiger partial charge is 0.380 e. The van der Waals surface area contributed by atoms with Crippen LogP contribution in [0.15, 0.2) is 18.3 Å². The van der Waals surface area contributed by atoms with E-state index >= 15 is 0 Å². The van der Waals surface area contributed by atoms with E-state index in [1.165, 1.54) is 16.8 Å². The number of fused-ring (bicyclic) bond motifs is 1. The average Bonchev–Trinajstić information content (AvgIpc) is 2.75. The van der Waals surface area contributed by atoms with Crippen molar-refractivity contribution in [3.8, 4) is 0 Å². The van der Waals surface area contributed by atoms with Crippen LogP contribution in [0.4, 0.5) is 10.3 Å². The summed E-state index contributed by atoms with van der Waals surface area (Å²) in [6.45, 7) is 6.35. The molecule has 0 aliphatic carbocycles. The fourth-order valence-corrected chi connectivity index (χ4v) is 1.59. The van der Waals surface area contributed by atoms with Gasteiger partial charge in [-0.1, -0.05) is 13.8 Å². The highest BCUT2D eigenvalue weighted by Gasteiger charge is 2.03. The minimum Gasteiger partial charge on any atom is -0.380 e. The Balaban J connectivity index is 1.75. The smallest absolute Gasteiger partial charge is 0.243 e. The first-order chi connectivity index (χ1) is 9.15. The Morgan fingerprint density at radius 3 is 3.00 bits per heavy atom. The number of halogens is 1. The topological polar surface area (TPSA) is 51.5 Å². The van der Waals surface area contributed by atoms with E-state index in [9.17, 15) is 4.39 Å². The van der Waals surface area contributed by atoms with Gasteiger partial charge in [-0.15, -0.1) is 5.10 Å². The van der Waals surface area contributed by atoms with Crippen molar-refractivity contribution in [3.05, 3.63) is 24.1 Å². The number of anilines is 1. The molecule has 0 fully saturated rings. The number of nitrogens with zero attached hydrogens (tertiary/aromatic N) is 3. The lowest BCUT2D eigenvalue weighted by Gasteiger charge is -2.06. The molecule has 19 heavy (non-hydrogen) atoms. The molecule has 2 heterocycles. The molecular weight excluding hydrogens is 247 g/mol. The predicted molar refractivity (Wildman–Crippen MR) is 71.7 cm³/mol. The van der Waals surface area contributed by atoms with Crippen LogP contribution in [0.2, 0.25) is 0 Å². The van der Waals surface area contributed by atoms with Gasteiger partial charge in [0.25, 0.3) is 0 Å². The highest BCUT2D eigenvalue weighted by molar-refractivity contribution is 5.42. The second kappa shape index (κ2) is 6.47. The molecule has 2 rings (SSSR count). The molecule has 1 N–H and O–H groups in total. The summed E-state index contributed by atoms with van der Waals surface area (Å²) in [7, 11) is 0.